The Kier molecular flexibility index (Phi) is 5.37. The van der Waals surface area contributed by atoms with Crippen LogP contribution in [-0.4, -0.2) is 36.6 Å². The van der Waals surface area contributed by atoms with Gasteiger partial charge in [0.05, 0.1) is 13.2 Å². The summed E-state index contributed by atoms with van der Waals surface area (Å²) in [7, 11) is 0. The van der Waals surface area contributed by atoms with Crippen LogP contribution in [0.4, 0.5) is 0 Å². The minimum Gasteiger partial charge on any atom is -0.491 e. The van der Waals surface area contributed by atoms with Gasteiger partial charge in [-0.2, -0.15) is 0 Å². The molecule has 4 nitrogen and oxygen atoms in total. The second-order valence-corrected chi connectivity index (χ2v) is 7.69. The van der Waals surface area contributed by atoms with E-state index in [1.54, 1.807) is 0 Å². The Morgan fingerprint density at radius 2 is 1.37 bits per heavy atom. The van der Waals surface area contributed by atoms with E-state index in [0.717, 1.165) is 23.8 Å². The van der Waals surface area contributed by atoms with Crippen molar-refractivity contribution < 1.29 is 19.7 Å². The van der Waals surface area contributed by atoms with Crippen molar-refractivity contribution in [2.24, 2.45) is 11.8 Å². The maximum atomic E-state index is 9.24. The summed E-state index contributed by atoms with van der Waals surface area (Å²) in [4.78, 5) is 0. The minimum atomic E-state index is -0.138. The van der Waals surface area contributed by atoms with Gasteiger partial charge >= 0.3 is 0 Å². The van der Waals surface area contributed by atoms with Gasteiger partial charge in [-0.1, -0.05) is 42.8 Å². The molecule has 2 atom stereocenters. The molecule has 0 radical (unpaired) electrons. The van der Waals surface area contributed by atoms with Crippen molar-refractivity contribution in [2.45, 2.75) is 31.1 Å². The molecule has 0 aromatic heterocycles. The third kappa shape index (κ3) is 3.21. The van der Waals surface area contributed by atoms with Crippen LogP contribution in [0.2, 0.25) is 0 Å². The Bertz CT molecular complexity index is 721. The zero-order valence-electron chi connectivity index (χ0n) is 15.6. The molecule has 2 unspecified atom stereocenters. The second-order valence-electron chi connectivity index (χ2n) is 7.69. The van der Waals surface area contributed by atoms with Gasteiger partial charge in [0.2, 0.25) is 0 Å². The number of hydrogen-bond acceptors (Lipinski definition) is 4. The van der Waals surface area contributed by atoms with Crippen LogP contribution in [0.1, 0.15) is 36.8 Å². The van der Waals surface area contributed by atoms with E-state index in [4.69, 9.17) is 9.47 Å². The summed E-state index contributed by atoms with van der Waals surface area (Å²) in [5, 5.41) is 18.5. The first-order chi connectivity index (χ1) is 13.3. The highest BCUT2D eigenvalue weighted by molar-refractivity contribution is 5.54. The molecule has 27 heavy (non-hydrogen) atoms. The zero-order chi connectivity index (χ0) is 18.7. The summed E-state index contributed by atoms with van der Waals surface area (Å²) >= 11 is 0. The van der Waals surface area contributed by atoms with E-state index in [1.807, 2.05) is 24.3 Å². The molecule has 2 fully saturated rings. The molecule has 2 aromatic carbocycles. The van der Waals surface area contributed by atoms with Crippen LogP contribution < -0.4 is 9.47 Å². The molecule has 2 saturated carbocycles. The van der Waals surface area contributed by atoms with Gasteiger partial charge in [-0.15, -0.1) is 0 Å². The molecule has 2 aromatic rings. The largest absolute Gasteiger partial charge is 0.491 e. The molecule has 144 valence electrons. The first-order valence-electron chi connectivity index (χ1n) is 9.96. The molecule has 0 spiro atoms. The molecule has 0 heterocycles. The number of hydrogen-bond donors (Lipinski definition) is 2. The first-order valence-corrected chi connectivity index (χ1v) is 9.96. The van der Waals surface area contributed by atoms with Gasteiger partial charge in [-0.25, -0.2) is 0 Å². The van der Waals surface area contributed by atoms with Gasteiger partial charge in [0.1, 0.15) is 24.7 Å². The number of aliphatic hydroxyl groups excluding tert-OH is 2. The average Bonchev–Trinajstić information content (AvgIpc) is 3.33. The van der Waals surface area contributed by atoms with E-state index < -0.39 is 0 Å². The summed E-state index contributed by atoms with van der Waals surface area (Å²) < 4.78 is 11.9. The molecule has 0 aliphatic heterocycles. The van der Waals surface area contributed by atoms with Crippen molar-refractivity contribution in [1.29, 1.82) is 0 Å². The van der Waals surface area contributed by atoms with Crippen molar-refractivity contribution >= 4 is 0 Å². The zero-order valence-corrected chi connectivity index (χ0v) is 15.6. The molecule has 4 heteroatoms. The third-order valence-corrected chi connectivity index (χ3v) is 6.28. The van der Waals surface area contributed by atoms with E-state index in [0.29, 0.717) is 19.1 Å². The lowest BCUT2D eigenvalue weighted by atomic mass is 9.63. The molecule has 2 N–H and O–H groups in total. The fraction of sp³-hybridized carbons (Fsp3) is 0.478. The topological polar surface area (TPSA) is 58.9 Å². The highest BCUT2D eigenvalue weighted by Gasteiger charge is 2.54. The van der Waals surface area contributed by atoms with E-state index in [1.165, 1.54) is 30.4 Å². The Balaban J connectivity index is 1.85. The number of para-hydroxylation sites is 2. The second kappa shape index (κ2) is 7.91. The standard InChI is InChI=1S/C23H28O4/c24-11-13-26-21-7-3-1-5-19(21)23(16-17-9-10-18(23)15-17)20-6-2-4-8-22(20)27-14-12-25/h1-8,17-18,24-25H,9-16H2. The van der Waals surface area contributed by atoms with Crippen molar-refractivity contribution in [2.75, 3.05) is 26.4 Å². The van der Waals surface area contributed by atoms with E-state index in [2.05, 4.69) is 24.3 Å². The number of rotatable bonds is 8. The number of benzene rings is 2. The maximum Gasteiger partial charge on any atom is 0.123 e. The lowest BCUT2D eigenvalue weighted by molar-refractivity contribution is 0.191. The fourth-order valence-electron chi connectivity index (χ4n) is 5.37. The third-order valence-electron chi connectivity index (χ3n) is 6.28. The van der Waals surface area contributed by atoms with Crippen LogP contribution in [0, 0.1) is 11.8 Å². The Labute approximate surface area is 160 Å². The first kappa shape index (κ1) is 18.3. The Hall–Kier alpha value is -2.04. The quantitative estimate of drug-likeness (QED) is 0.748. The summed E-state index contributed by atoms with van der Waals surface area (Å²) in [6, 6.07) is 16.5. The van der Waals surface area contributed by atoms with Crippen LogP contribution in [0.3, 0.4) is 0 Å². The van der Waals surface area contributed by atoms with Crippen molar-refractivity contribution in [3.63, 3.8) is 0 Å². The monoisotopic (exact) mass is 368 g/mol. The molecule has 0 saturated heterocycles. The molecule has 0 amide bonds. The summed E-state index contributed by atoms with van der Waals surface area (Å²) in [5.74, 6) is 3.00. The highest BCUT2D eigenvalue weighted by Crippen LogP contribution is 2.62. The van der Waals surface area contributed by atoms with Crippen molar-refractivity contribution in [1.82, 2.24) is 0 Å². The van der Waals surface area contributed by atoms with Gasteiger partial charge in [-0.3, -0.25) is 0 Å². The fourth-order valence-corrected chi connectivity index (χ4v) is 5.37. The minimum absolute atomic E-state index is 0.00356. The van der Waals surface area contributed by atoms with Crippen molar-refractivity contribution in [3.05, 3.63) is 59.7 Å². The van der Waals surface area contributed by atoms with Crippen LogP contribution in [0.5, 0.6) is 11.5 Å². The smallest absolute Gasteiger partial charge is 0.123 e. The molecular weight excluding hydrogens is 340 g/mol. The number of fused-ring (bicyclic) bond motifs is 2. The molecule has 2 aliphatic rings. The molecule has 4 rings (SSSR count). The Morgan fingerprint density at radius 1 is 0.815 bits per heavy atom. The maximum absolute atomic E-state index is 9.24. The lowest BCUT2D eigenvalue weighted by Gasteiger charge is -2.40. The van der Waals surface area contributed by atoms with Gasteiger partial charge in [0.15, 0.2) is 0 Å². The van der Waals surface area contributed by atoms with Gasteiger partial charge < -0.3 is 19.7 Å². The van der Waals surface area contributed by atoms with Crippen LogP contribution >= 0.6 is 0 Å². The molecule has 2 bridgehead atoms. The Morgan fingerprint density at radius 3 is 1.81 bits per heavy atom. The lowest BCUT2D eigenvalue weighted by Crippen LogP contribution is -2.35. The molecule has 2 aliphatic carbocycles. The highest BCUT2D eigenvalue weighted by atomic mass is 16.5. The van der Waals surface area contributed by atoms with Gasteiger partial charge in [0, 0.05) is 16.5 Å². The number of aliphatic hydroxyl groups is 2. The average molecular weight is 368 g/mol. The van der Waals surface area contributed by atoms with Crippen LogP contribution in [0.15, 0.2) is 48.5 Å². The van der Waals surface area contributed by atoms with Gasteiger partial charge in [-0.05, 0) is 43.2 Å². The van der Waals surface area contributed by atoms with E-state index in [9.17, 15) is 10.2 Å². The predicted molar refractivity (Wildman–Crippen MR) is 104 cm³/mol. The summed E-state index contributed by atoms with van der Waals surface area (Å²) in [5.41, 5.74) is 2.26. The molecular formula is C23H28O4. The number of ether oxygens (including phenoxy) is 2. The normalized spacial score (nSPS) is 22.7. The summed E-state index contributed by atoms with van der Waals surface area (Å²) in [6.45, 7) is 0.598. The van der Waals surface area contributed by atoms with E-state index >= 15 is 0 Å². The SMILES string of the molecule is OCCOc1ccccc1C1(c2ccccc2OCCO)CC2CCC1C2. The summed E-state index contributed by atoms with van der Waals surface area (Å²) in [6.07, 6.45) is 4.85. The van der Waals surface area contributed by atoms with Crippen LogP contribution in [0.25, 0.3) is 0 Å². The van der Waals surface area contributed by atoms with E-state index in [-0.39, 0.29) is 18.6 Å². The van der Waals surface area contributed by atoms with Crippen molar-refractivity contribution in [3.8, 4) is 11.5 Å². The predicted octanol–water partition coefficient (Wildman–Crippen LogP) is 3.53. The van der Waals surface area contributed by atoms with Crippen LogP contribution in [-0.2, 0) is 5.41 Å². The van der Waals surface area contributed by atoms with Gasteiger partial charge in [0.25, 0.3) is 0 Å².